The highest BCUT2D eigenvalue weighted by atomic mass is 32.2. The molecule has 0 aliphatic rings. The highest BCUT2D eigenvalue weighted by molar-refractivity contribution is 7.89. The number of unbranched alkanes of at least 4 members (excludes halogenated alkanes) is 1. The molecule has 0 aliphatic carbocycles. The van der Waals surface area contributed by atoms with Gasteiger partial charge >= 0.3 is 0 Å². The van der Waals surface area contributed by atoms with Crippen molar-refractivity contribution in [3.63, 3.8) is 0 Å². The predicted molar refractivity (Wildman–Crippen MR) is 114 cm³/mol. The number of methoxy groups -OCH3 is 1. The minimum Gasteiger partial charge on any atom is -0.385 e. The van der Waals surface area contributed by atoms with Crippen molar-refractivity contribution in [1.29, 1.82) is 0 Å². The number of hydrogen-bond acceptors (Lipinski definition) is 4. The van der Waals surface area contributed by atoms with E-state index in [-0.39, 0.29) is 17.3 Å². The van der Waals surface area contributed by atoms with Crippen LogP contribution in [0.2, 0.25) is 0 Å². The fourth-order valence-corrected chi connectivity index (χ4v) is 4.38. The Kier molecular flexibility index (Phi) is 8.82. The molecule has 2 rings (SSSR count). The zero-order chi connectivity index (χ0) is 21.3. The van der Waals surface area contributed by atoms with Gasteiger partial charge in [0.2, 0.25) is 15.9 Å². The van der Waals surface area contributed by atoms with E-state index in [1.54, 1.807) is 26.2 Å². The smallest absolute Gasteiger partial charge is 0.240 e. The number of benzene rings is 2. The first-order valence-electron chi connectivity index (χ1n) is 9.73. The Hall–Kier alpha value is -2.22. The Bertz CT molecular complexity index is 898. The number of nitrogens with one attached hydrogen (secondary N) is 2. The van der Waals surface area contributed by atoms with Crippen LogP contribution in [0, 0.1) is 13.8 Å². The molecular weight excluding hydrogens is 388 g/mol. The van der Waals surface area contributed by atoms with Gasteiger partial charge in [-0.05, 0) is 43.9 Å². The number of sulfonamides is 1. The van der Waals surface area contributed by atoms with Crippen molar-refractivity contribution < 1.29 is 17.9 Å². The molecule has 0 saturated heterocycles. The highest BCUT2D eigenvalue weighted by Gasteiger charge is 2.21. The van der Waals surface area contributed by atoms with E-state index in [1.165, 1.54) is 0 Å². The van der Waals surface area contributed by atoms with Crippen LogP contribution < -0.4 is 10.0 Å². The van der Waals surface area contributed by atoms with Gasteiger partial charge in [-0.2, -0.15) is 0 Å². The van der Waals surface area contributed by atoms with Crippen LogP contribution in [-0.2, 0) is 19.6 Å². The topological polar surface area (TPSA) is 84.5 Å². The first-order chi connectivity index (χ1) is 13.8. The maximum atomic E-state index is 12.8. The summed E-state index contributed by atoms with van der Waals surface area (Å²) in [6.45, 7) is 4.39. The van der Waals surface area contributed by atoms with E-state index < -0.39 is 16.1 Å². The molecule has 0 aliphatic heterocycles. The van der Waals surface area contributed by atoms with Gasteiger partial charge in [0.25, 0.3) is 0 Å². The third kappa shape index (κ3) is 7.27. The lowest BCUT2D eigenvalue weighted by atomic mass is 10.1. The summed E-state index contributed by atoms with van der Waals surface area (Å²) in [6, 6.07) is 14.1. The number of aryl methyl sites for hydroxylation is 2. The van der Waals surface area contributed by atoms with Crippen LogP contribution in [0.1, 0.15) is 42.0 Å². The van der Waals surface area contributed by atoms with Crippen LogP contribution in [0.3, 0.4) is 0 Å². The lowest BCUT2D eigenvalue weighted by Gasteiger charge is -2.20. The quantitative estimate of drug-likeness (QED) is 0.549. The first-order valence-corrected chi connectivity index (χ1v) is 11.2. The van der Waals surface area contributed by atoms with Crippen LogP contribution in [0.15, 0.2) is 53.4 Å². The van der Waals surface area contributed by atoms with Gasteiger partial charge in [-0.15, -0.1) is 0 Å². The molecular formula is C22H30N2O4S. The molecule has 0 bridgehead atoms. The Labute approximate surface area is 173 Å². The van der Waals surface area contributed by atoms with Crippen molar-refractivity contribution in [2.75, 3.05) is 20.3 Å². The molecule has 0 aromatic heterocycles. The summed E-state index contributed by atoms with van der Waals surface area (Å²) in [7, 11) is -2.06. The second-order valence-electron chi connectivity index (χ2n) is 7.10. The average Bonchev–Trinajstić information content (AvgIpc) is 2.69. The SMILES string of the molecule is COCCCCC(=O)N[C@@H](CNS(=O)(=O)c1ccc(C)cc1C)c1ccccc1. The Morgan fingerprint density at radius 1 is 1.07 bits per heavy atom. The zero-order valence-electron chi connectivity index (χ0n) is 17.3. The molecule has 7 heteroatoms. The molecule has 158 valence electrons. The average molecular weight is 419 g/mol. The predicted octanol–water partition coefficient (Wildman–Crippen LogP) is 3.26. The van der Waals surface area contributed by atoms with Gasteiger partial charge in [-0.3, -0.25) is 4.79 Å². The van der Waals surface area contributed by atoms with Crippen molar-refractivity contribution in [1.82, 2.24) is 10.0 Å². The molecule has 0 spiro atoms. The summed E-state index contributed by atoms with van der Waals surface area (Å²) < 4.78 is 33.2. The molecule has 1 atom stereocenters. The van der Waals surface area contributed by atoms with Gasteiger partial charge in [-0.1, -0.05) is 48.0 Å². The van der Waals surface area contributed by atoms with Crippen molar-refractivity contribution in [2.45, 2.75) is 44.0 Å². The molecule has 6 nitrogen and oxygen atoms in total. The summed E-state index contributed by atoms with van der Waals surface area (Å²) in [5, 5.41) is 2.95. The third-order valence-corrected chi connectivity index (χ3v) is 6.22. The summed E-state index contributed by atoms with van der Waals surface area (Å²) in [5.74, 6) is -0.110. The van der Waals surface area contributed by atoms with Crippen LogP contribution in [0.25, 0.3) is 0 Å². The summed E-state index contributed by atoms with van der Waals surface area (Å²) in [6.07, 6.45) is 1.89. The van der Waals surface area contributed by atoms with E-state index in [1.807, 2.05) is 43.3 Å². The van der Waals surface area contributed by atoms with Gasteiger partial charge in [0.05, 0.1) is 10.9 Å². The van der Waals surface area contributed by atoms with Crippen LogP contribution in [0.4, 0.5) is 0 Å². The number of rotatable bonds is 11. The van der Waals surface area contributed by atoms with Gasteiger partial charge in [0, 0.05) is 26.7 Å². The first kappa shape index (κ1) is 23.1. The van der Waals surface area contributed by atoms with Gasteiger partial charge in [0.15, 0.2) is 0 Å². The standard InChI is InChI=1S/C22H30N2O4S/c1-17-12-13-21(18(2)15-17)29(26,27)23-16-20(19-9-5-4-6-10-19)24-22(25)11-7-8-14-28-3/h4-6,9-10,12-13,15,20,23H,7-8,11,14,16H2,1-3H3,(H,24,25)/t20-/m0/s1. The molecule has 0 radical (unpaired) electrons. The second-order valence-corrected chi connectivity index (χ2v) is 8.84. The number of hydrogen-bond donors (Lipinski definition) is 2. The van der Waals surface area contributed by atoms with E-state index >= 15 is 0 Å². The molecule has 0 heterocycles. The molecule has 2 aromatic rings. The second kappa shape index (κ2) is 11.1. The Morgan fingerprint density at radius 3 is 2.45 bits per heavy atom. The minimum atomic E-state index is -3.69. The summed E-state index contributed by atoms with van der Waals surface area (Å²) >= 11 is 0. The molecule has 0 unspecified atom stereocenters. The molecule has 2 N–H and O–H groups in total. The monoisotopic (exact) mass is 418 g/mol. The third-order valence-electron chi connectivity index (χ3n) is 4.64. The number of carbonyl (C=O) groups excluding carboxylic acids is 1. The van der Waals surface area contributed by atoms with Crippen LogP contribution in [-0.4, -0.2) is 34.6 Å². The Balaban J connectivity index is 2.08. The Morgan fingerprint density at radius 2 is 1.79 bits per heavy atom. The highest BCUT2D eigenvalue weighted by Crippen LogP contribution is 2.18. The number of ether oxygens (including phenoxy) is 1. The van der Waals surface area contributed by atoms with Crippen molar-refractivity contribution in [3.8, 4) is 0 Å². The van der Waals surface area contributed by atoms with E-state index in [0.29, 0.717) is 18.6 Å². The van der Waals surface area contributed by atoms with Gasteiger partial charge in [0.1, 0.15) is 0 Å². The maximum Gasteiger partial charge on any atom is 0.240 e. The fraction of sp³-hybridized carbons (Fsp3) is 0.409. The molecule has 29 heavy (non-hydrogen) atoms. The molecule has 2 aromatic carbocycles. The van der Waals surface area contributed by atoms with Crippen LogP contribution in [0.5, 0.6) is 0 Å². The van der Waals surface area contributed by atoms with Gasteiger partial charge in [-0.25, -0.2) is 13.1 Å². The summed E-state index contributed by atoms with van der Waals surface area (Å²) in [4.78, 5) is 12.6. The summed E-state index contributed by atoms with van der Waals surface area (Å²) in [5.41, 5.74) is 2.54. The molecule has 0 fully saturated rings. The molecule has 1 amide bonds. The van der Waals surface area contributed by atoms with Gasteiger partial charge < -0.3 is 10.1 Å². The molecule has 0 saturated carbocycles. The van der Waals surface area contributed by atoms with E-state index in [9.17, 15) is 13.2 Å². The zero-order valence-corrected chi connectivity index (χ0v) is 18.1. The number of carbonyl (C=O) groups is 1. The van der Waals surface area contributed by atoms with Crippen molar-refractivity contribution >= 4 is 15.9 Å². The van der Waals surface area contributed by atoms with E-state index in [2.05, 4.69) is 10.0 Å². The lowest BCUT2D eigenvalue weighted by molar-refractivity contribution is -0.122. The van der Waals surface area contributed by atoms with Crippen molar-refractivity contribution in [2.24, 2.45) is 0 Å². The lowest BCUT2D eigenvalue weighted by Crippen LogP contribution is -2.38. The largest absolute Gasteiger partial charge is 0.385 e. The fourth-order valence-electron chi connectivity index (χ4n) is 3.11. The van der Waals surface area contributed by atoms with Crippen LogP contribution >= 0.6 is 0 Å². The van der Waals surface area contributed by atoms with E-state index in [0.717, 1.165) is 24.0 Å². The van der Waals surface area contributed by atoms with Crippen molar-refractivity contribution in [3.05, 3.63) is 65.2 Å². The number of amides is 1. The normalized spacial score (nSPS) is 12.5. The maximum absolute atomic E-state index is 12.8. The van der Waals surface area contributed by atoms with E-state index in [4.69, 9.17) is 4.74 Å². The minimum absolute atomic E-state index is 0.0729.